The molecule has 27 heavy (non-hydrogen) atoms. The zero-order chi connectivity index (χ0) is 19.1. The summed E-state index contributed by atoms with van der Waals surface area (Å²) < 4.78 is 14.7. The molecule has 0 aliphatic rings. The van der Waals surface area contributed by atoms with E-state index in [2.05, 4.69) is 50.0 Å². The monoisotopic (exact) mass is 358 g/mol. The Bertz CT molecular complexity index is 955. The highest BCUT2D eigenvalue weighted by Gasteiger charge is 2.07. The van der Waals surface area contributed by atoms with E-state index in [1.807, 2.05) is 30.3 Å². The van der Waals surface area contributed by atoms with E-state index in [1.165, 1.54) is 5.56 Å². The maximum atomic E-state index is 14.7. The maximum Gasteiger partial charge on any atom is 0.134 e. The van der Waals surface area contributed by atoms with E-state index in [-0.39, 0.29) is 5.82 Å². The summed E-state index contributed by atoms with van der Waals surface area (Å²) in [5.41, 5.74) is 4.09. The summed E-state index contributed by atoms with van der Waals surface area (Å²) in [6.45, 7) is 4.35. The van der Waals surface area contributed by atoms with E-state index >= 15 is 0 Å². The zero-order valence-electron chi connectivity index (χ0n) is 16.3. The fraction of sp³-hybridized carbons (Fsp3) is 0.308. The van der Waals surface area contributed by atoms with Gasteiger partial charge in [0.25, 0.3) is 0 Å². The molecule has 0 aliphatic heterocycles. The van der Waals surface area contributed by atoms with Crippen LogP contribution in [0.2, 0.25) is 0 Å². The van der Waals surface area contributed by atoms with Gasteiger partial charge < -0.3 is 0 Å². The van der Waals surface area contributed by atoms with Crippen molar-refractivity contribution in [1.29, 1.82) is 0 Å². The Labute approximate surface area is 162 Å². The molecule has 0 radical (unpaired) electrons. The van der Waals surface area contributed by atoms with Crippen molar-refractivity contribution in [1.82, 2.24) is 0 Å². The number of benzene rings is 3. The Kier molecular flexibility index (Phi) is 6.66. The summed E-state index contributed by atoms with van der Waals surface area (Å²) >= 11 is 0. The summed E-state index contributed by atoms with van der Waals surface area (Å²) in [5.74, 6) is 6.35. The third-order valence-electron chi connectivity index (χ3n) is 4.93. The van der Waals surface area contributed by atoms with Crippen LogP contribution in [0.5, 0.6) is 0 Å². The zero-order valence-corrected chi connectivity index (χ0v) is 16.3. The smallest absolute Gasteiger partial charge is 0.134 e. The van der Waals surface area contributed by atoms with Crippen molar-refractivity contribution < 1.29 is 4.39 Å². The van der Waals surface area contributed by atoms with Crippen molar-refractivity contribution in [2.75, 3.05) is 0 Å². The maximum absolute atomic E-state index is 14.7. The Morgan fingerprint density at radius 1 is 0.741 bits per heavy atom. The lowest BCUT2D eigenvalue weighted by molar-refractivity contribution is 0.609. The minimum atomic E-state index is -0.0744. The molecule has 0 heterocycles. The first-order valence-electron chi connectivity index (χ1n) is 10.0. The van der Waals surface area contributed by atoms with E-state index in [0.717, 1.165) is 60.6 Å². The first kappa shape index (κ1) is 19.2. The normalized spacial score (nSPS) is 10.6. The second-order valence-electron chi connectivity index (χ2n) is 7.13. The van der Waals surface area contributed by atoms with E-state index < -0.39 is 0 Å². The molecule has 1 heteroatoms. The highest BCUT2D eigenvalue weighted by molar-refractivity contribution is 5.85. The van der Waals surface area contributed by atoms with Crippen molar-refractivity contribution >= 4 is 10.8 Å². The van der Waals surface area contributed by atoms with Crippen LogP contribution in [0.3, 0.4) is 0 Å². The van der Waals surface area contributed by atoms with Gasteiger partial charge in [-0.3, -0.25) is 0 Å². The fourth-order valence-corrected chi connectivity index (χ4v) is 3.36. The molecule has 0 spiro atoms. The van der Waals surface area contributed by atoms with Crippen molar-refractivity contribution in [3.8, 4) is 11.8 Å². The topological polar surface area (TPSA) is 0 Å². The highest BCUT2D eigenvalue weighted by Crippen LogP contribution is 2.23. The summed E-state index contributed by atoms with van der Waals surface area (Å²) in [7, 11) is 0. The van der Waals surface area contributed by atoms with Gasteiger partial charge in [-0.05, 0) is 60.0 Å². The van der Waals surface area contributed by atoms with Gasteiger partial charge in [-0.1, -0.05) is 75.3 Å². The molecule has 3 aromatic rings. The van der Waals surface area contributed by atoms with Crippen molar-refractivity contribution in [3.63, 3.8) is 0 Å². The number of halogens is 1. The molecule has 0 amide bonds. The molecule has 0 aromatic heterocycles. The predicted octanol–water partition coefficient (Wildman–Crippen LogP) is 7.06. The quantitative estimate of drug-likeness (QED) is 0.327. The lowest BCUT2D eigenvalue weighted by Crippen LogP contribution is -1.93. The van der Waals surface area contributed by atoms with Gasteiger partial charge in [0.2, 0.25) is 0 Å². The van der Waals surface area contributed by atoms with Gasteiger partial charge in [0.1, 0.15) is 5.82 Å². The second kappa shape index (κ2) is 9.38. The Hall–Kier alpha value is -2.59. The average Bonchev–Trinajstić information content (AvgIpc) is 2.69. The molecule has 3 rings (SSSR count). The first-order chi connectivity index (χ1) is 13.2. The minimum absolute atomic E-state index is 0.0744. The molecule has 0 unspecified atom stereocenters. The van der Waals surface area contributed by atoms with Gasteiger partial charge in [-0.25, -0.2) is 4.39 Å². The van der Waals surface area contributed by atoms with Crippen LogP contribution in [0.15, 0.2) is 54.6 Å². The van der Waals surface area contributed by atoms with Gasteiger partial charge >= 0.3 is 0 Å². The molecule has 0 atom stereocenters. The molecule has 138 valence electrons. The molecule has 0 saturated carbocycles. The number of unbranched alkanes of at least 4 members (excludes halogenated alkanes) is 2. The molecule has 0 aliphatic carbocycles. The Balaban J connectivity index is 1.80. The van der Waals surface area contributed by atoms with Crippen LogP contribution in [0, 0.1) is 17.7 Å². The molecule has 0 fully saturated rings. The molecule has 0 N–H and O–H groups in total. The average molecular weight is 358 g/mol. The number of fused-ring (bicyclic) bond motifs is 1. The second-order valence-corrected chi connectivity index (χ2v) is 7.13. The van der Waals surface area contributed by atoms with Crippen LogP contribution in [-0.2, 0) is 12.8 Å². The predicted molar refractivity (Wildman–Crippen MR) is 114 cm³/mol. The first-order valence-corrected chi connectivity index (χ1v) is 10.0. The van der Waals surface area contributed by atoms with Gasteiger partial charge in [0, 0.05) is 16.5 Å². The molecule has 0 saturated heterocycles. The minimum Gasteiger partial charge on any atom is -0.206 e. The molecular formula is C26H27F. The SMILES string of the molecule is CCCCCc1ccc2cc(C#Cc3ccc(CCC)cc3)ccc2c1F. The molecule has 0 bridgehead atoms. The van der Waals surface area contributed by atoms with Gasteiger partial charge in [-0.15, -0.1) is 0 Å². The number of rotatable bonds is 6. The number of hydrogen-bond acceptors (Lipinski definition) is 0. The lowest BCUT2D eigenvalue weighted by atomic mass is 10.00. The van der Waals surface area contributed by atoms with Gasteiger partial charge in [0.15, 0.2) is 0 Å². The molecule has 0 nitrogen and oxygen atoms in total. The third kappa shape index (κ3) is 4.98. The van der Waals surface area contributed by atoms with Gasteiger partial charge in [0.05, 0.1) is 0 Å². The number of hydrogen-bond donors (Lipinski definition) is 0. The van der Waals surface area contributed by atoms with Crippen LogP contribution in [0.1, 0.15) is 61.8 Å². The molecular weight excluding hydrogens is 331 g/mol. The van der Waals surface area contributed by atoms with Crippen LogP contribution < -0.4 is 0 Å². The third-order valence-corrected chi connectivity index (χ3v) is 4.93. The highest BCUT2D eigenvalue weighted by atomic mass is 19.1. The standard InChI is InChI=1S/C26H27F/c1-3-5-6-8-23-16-17-24-19-22(15-18-25(24)26(23)27)14-13-21-11-9-20(7-4-2)10-12-21/h9-12,15-19H,3-8H2,1-2H3. The van der Waals surface area contributed by atoms with Crippen LogP contribution >= 0.6 is 0 Å². The van der Waals surface area contributed by atoms with Crippen LogP contribution in [0.25, 0.3) is 10.8 Å². The number of aryl methyl sites for hydroxylation is 2. The summed E-state index contributed by atoms with van der Waals surface area (Å²) in [5, 5.41) is 1.61. The largest absolute Gasteiger partial charge is 0.206 e. The van der Waals surface area contributed by atoms with Crippen molar-refractivity contribution in [3.05, 3.63) is 82.7 Å². The Morgan fingerprint density at radius 2 is 1.48 bits per heavy atom. The van der Waals surface area contributed by atoms with E-state index in [9.17, 15) is 4.39 Å². The van der Waals surface area contributed by atoms with Crippen molar-refractivity contribution in [2.24, 2.45) is 0 Å². The Morgan fingerprint density at radius 3 is 2.22 bits per heavy atom. The van der Waals surface area contributed by atoms with Crippen molar-refractivity contribution in [2.45, 2.75) is 52.4 Å². The molecule has 3 aromatic carbocycles. The summed E-state index contributed by atoms with van der Waals surface area (Å²) in [6.07, 6.45) is 6.40. The lowest BCUT2D eigenvalue weighted by Gasteiger charge is -2.07. The summed E-state index contributed by atoms with van der Waals surface area (Å²) in [6, 6.07) is 18.1. The summed E-state index contributed by atoms with van der Waals surface area (Å²) in [4.78, 5) is 0. The van der Waals surface area contributed by atoms with Gasteiger partial charge in [-0.2, -0.15) is 0 Å². The van der Waals surface area contributed by atoms with Crippen LogP contribution in [0.4, 0.5) is 4.39 Å². The van der Waals surface area contributed by atoms with E-state index in [0.29, 0.717) is 5.39 Å². The van der Waals surface area contributed by atoms with E-state index in [4.69, 9.17) is 0 Å². The van der Waals surface area contributed by atoms with Crippen LogP contribution in [-0.4, -0.2) is 0 Å². The van der Waals surface area contributed by atoms with E-state index in [1.54, 1.807) is 0 Å². The fourth-order valence-electron chi connectivity index (χ4n) is 3.36.